The van der Waals surface area contributed by atoms with E-state index in [0.29, 0.717) is 17.2 Å². The normalized spacial score (nSPS) is 11.7. The third-order valence-electron chi connectivity index (χ3n) is 3.85. The van der Waals surface area contributed by atoms with Crippen LogP contribution in [0.3, 0.4) is 0 Å². The van der Waals surface area contributed by atoms with Crippen molar-refractivity contribution in [3.8, 4) is 22.8 Å². The molecule has 2 aromatic carbocycles. The maximum atomic E-state index is 12.5. The molecule has 27 heavy (non-hydrogen) atoms. The minimum atomic E-state index is -0.284. The summed E-state index contributed by atoms with van der Waals surface area (Å²) < 4.78 is 11.3. The van der Waals surface area contributed by atoms with Crippen molar-refractivity contribution in [2.75, 3.05) is 19.5 Å². The number of benzene rings is 2. The second-order valence-corrected chi connectivity index (χ2v) is 8.13. The predicted molar refractivity (Wildman–Crippen MR) is 111 cm³/mol. The molecule has 0 saturated heterocycles. The summed E-state index contributed by atoms with van der Waals surface area (Å²) in [6.45, 7) is 1.87. The number of carbonyl (C=O) groups is 1. The van der Waals surface area contributed by atoms with Crippen LogP contribution in [0.4, 0.5) is 5.69 Å². The van der Waals surface area contributed by atoms with Crippen molar-refractivity contribution >= 4 is 34.7 Å². The Bertz CT molecular complexity index is 913. The number of amides is 1. The monoisotopic (exact) mass is 400 g/mol. The third-order valence-corrected chi connectivity index (χ3v) is 5.92. The maximum Gasteiger partial charge on any atom is 0.237 e. The van der Waals surface area contributed by atoms with E-state index in [4.69, 9.17) is 9.47 Å². The summed E-state index contributed by atoms with van der Waals surface area (Å²) in [5.74, 6) is 1.10. The van der Waals surface area contributed by atoms with Gasteiger partial charge in [0, 0.05) is 22.7 Å². The van der Waals surface area contributed by atoms with E-state index in [1.54, 1.807) is 43.8 Å². The van der Waals surface area contributed by atoms with Gasteiger partial charge in [-0.05, 0) is 19.1 Å². The molecule has 0 spiro atoms. The third kappa shape index (κ3) is 4.81. The molecule has 140 valence electrons. The van der Waals surface area contributed by atoms with Crippen LogP contribution in [-0.4, -0.2) is 30.4 Å². The standard InChI is InChI=1S/C20H20N2O3S2/c1-13(19(23)21-15-9-10-17(24-2)18(11-15)25-3)27-20-22-16(12-26-20)14-7-5-4-6-8-14/h4-13H,1-3H3,(H,21,23)/t13-/m0/s1. The number of hydrogen-bond acceptors (Lipinski definition) is 6. The molecule has 1 aromatic heterocycles. The van der Waals surface area contributed by atoms with Crippen molar-refractivity contribution in [2.24, 2.45) is 0 Å². The lowest BCUT2D eigenvalue weighted by molar-refractivity contribution is -0.115. The van der Waals surface area contributed by atoms with Gasteiger partial charge in [0.15, 0.2) is 15.8 Å². The lowest BCUT2D eigenvalue weighted by atomic mass is 10.2. The highest BCUT2D eigenvalue weighted by Crippen LogP contribution is 2.32. The van der Waals surface area contributed by atoms with Crippen LogP contribution >= 0.6 is 23.1 Å². The summed E-state index contributed by atoms with van der Waals surface area (Å²) in [5.41, 5.74) is 2.66. The highest BCUT2D eigenvalue weighted by Gasteiger charge is 2.17. The molecular weight excluding hydrogens is 380 g/mol. The zero-order chi connectivity index (χ0) is 19.2. The Labute approximate surface area is 166 Å². The van der Waals surface area contributed by atoms with Gasteiger partial charge >= 0.3 is 0 Å². The Balaban J connectivity index is 1.64. The highest BCUT2D eigenvalue weighted by molar-refractivity contribution is 8.02. The number of anilines is 1. The molecular formula is C20H20N2O3S2. The zero-order valence-corrected chi connectivity index (χ0v) is 16.9. The van der Waals surface area contributed by atoms with Crippen LogP contribution in [0.2, 0.25) is 0 Å². The van der Waals surface area contributed by atoms with Gasteiger partial charge in [0.05, 0.1) is 25.2 Å². The second-order valence-electron chi connectivity index (χ2n) is 5.68. The summed E-state index contributed by atoms with van der Waals surface area (Å²) in [7, 11) is 3.14. The van der Waals surface area contributed by atoms with E-state index in [-0.39, 0.29) is 11.2 Å². The van der Waals surface area contributed by atoms with Crippen LogP contribution in [0.5, 0.6) is 11.5 Å². The first-order chi connectivity index (χ1) is 13.1. The van der Waals surface area contributed by atoms with Gasteiger partial charge in [-0.15, -0.1) is 11.3 Å². The predicted octanol–water partition coefficient (Wildman–Crippen LogP) is 4.95. The number of nitrogens with zero attached hydrogens (tertiary/aromatic N) is 1. The molecule has 0 radical (unpaired) electrons. The molecule has 3 rings (SSSR count). The minimum Gasteiger partial charge on any atom is -0.493 e. The fraction of sp³-hybridized carbons (Fsp3) is 0.200. The van der Waals surface area contributed by atoms with Crippen molar-refractivity contribution in [3.63, 3.8) is 0 Å². The van der Waals surface area contributed by atoms with Gasteiger partial charge in [-0.25, -0.2) is 4.98 Å². The molecule has 3 aromatic rings. The number of aromatic nitrogens is 1. The van der Waals surface area contributed by atoms with Gasteiger partial charge in [-0.2, -0.15) is 0 Å². The highest BCUT2D eigenvalue weighted by atomic mass is 32.2. The fourth-order valence-electron chi connectivity index (χ4n) is 2.42. The molecule has 1 N–H and O–H groups in total. The first kappa shape index (κ1) is 19.3. The molecule has 5 nitrogen and oxygen atoms in total. The van der Waals surface area contributed by atoms with E-state index in [2.05, 4.69) is 10.3 Å². The number of ether oxygens (including phenoxy) is 2. The van der Waals surface area contributed by atoms with Crippen LogP contribution in [0, 0.1) is 0 Å². The Morgan fingerprint density at radius 1 is 1.11 bits per heavy atom. The molecule has 7 heteroatoms. The number of thiazole rings is 1. The van der Waals surface area contributed by atoms with Gasteiger partial charge in [-0.1, -0.05) is 42.1 Å². The topological polar surface area (TPSA) is 60.5 Å². The summed E-state index contributed by atoms with van der Waals surface area (Å²) in [6.07, 6.45) is 0. The Hall–Kier alpha value is -2.51. The van der Waals surface area contributed by atoms with E-state index in [0.717, 1.165) is 15.6 Å². The van der Waals surface area contributed by atoms with Crippen LogP contribution in [-0.2, 0) is 4.79 Å². The zero-order valence-electron chi connectivity index (χ0n) is 15.3. The molecule has 1 atom stereocenters. The minimum absolute atomic E-state index is 0.0938. The van der Waals surface area contributed by atoms with Gasteiger partial charge in [0.25, 0.3) is 0 Å². The van der Waals surface area contributed by atoms with Gasteiger partial charge in [-0.3, -0.25) is 4.79 Å². The van der Waals surface area contributed by atoms with Crippen molar-refractivity contribution in [1.29, 1.82) is 0 Å². The largest absolute Gasteiger partial charge is 0.493 e. The molecule has 1 amide bonds. The van der Waals surface area contributed by atoms with Crippen molar-refractivity contribution in [3.05, 3.63) is 53.9 Å². The molecule has 0 aliphatic carbocycles. The van der Waals surface area contributed by atoms with E-state index in [1.165, 1.54) is 11.8 Å². The molecule has 0 aliphatic heterocycles. The maximum absolute atomic E-state index is 12.5. The number of rotatable bonds is 7. The first-order valence-corrected chi connectivity index (χ1v) is 10.1. The molecule has 0 saturated carbocycles. The molecule has 0 fully saturated rings. The lowest BCUT2D eigenvalue weighted by Gasteiger charge is -2.13. The summed E-state index contributed by atoms with van der Waals surface area (Å²) in [6, 6.07) is 15.3. The van der Waals surface area contributed by atoms with E-state index < -0.39 is 0 Å². The summed E-state index contributed by atoms with van der Waals surface area (Å²) in [4.78, 5) is 17.1. The van der Waals surface area contributed by atoms with Crippen molar-refractivity contribution in [2.45, 2.75) is 16.5 Å². The Morgan fingerprint density at radius 3 is 2.56 bits per heavy atom. The van der Waals surface area contributed by atoms with E-state index in [9.17, 15) is 4.79 Å². The molecule has 0 unspecified atom stereocenters. The van der Waals surface area contributed by atoms with Gasteiger partial charge in [0.2, 0.25) is 5.91 Å². The smallest absolute Gasteiger partial charge is 0.237 e. The number of carbonyl (C=O) groups excluding carboxylic acids is 1. The lowest BCUT2D eigenvalue weighted by Crippen LogP contribution is -2.22. The van der Waals surface area contributed by atoms with Crippen LogP contribution in [0.1, 0.15) is 6.92 Å². The number of thioether (sulfide) groups is 1. The van der Waals surface area contributed by atoms with Crippen LogP contribution < -0.4 is 14.8 Å². The molecule has 0 bridgehead atoms. The molecule has 0 aliphatic rings. The second kappa shape index (κ2) is 8.92. The first-order valence-electron chi connectivity index (χ1n) is 8.31. The fourth-order valence-corrected chi connectivity index (χ4v) is 4.39. The SMILES string of the molecule is COc1ccc(NC(=O)[C@H](C)Sc2nc(-c3ccccc3)cs2)cc1OC. The number of hydrogen-bond donors (Lipinski definition) is 1. The van der Waals surface area contributed by atoms with Crippen LogP contribution in [0.25, 0.3) is 11.3 Å². The number of methoxy groups -OCH3 is 2. The van der Waals surface area contributed by atoms with Crippen molar-refractivity contribution in [1.82, 2.24) is 4.98 Å². The van der Waals surface area contributed by atoms with Crippen LogP contribution in [0.15, 0.2) is 58.3 Å². The van der Waals surface area contributed by atoms with Gasteiger partial charge < -0.3 is 14.8 Å². The molecule has 1 heterocycles. The number of nitrogens with one attached hydrogen (secondary N) is 1. The van der Waals surface area contributed by atoms with Gasteiger partial charge in [0.1, 0.15) is 0 Å². The average Bonchev–Trinajstić information content (AvgIpc) is 3.17. The Morgan fingerprint density at radius 2 is 1.85 bits per heavy atom. The Kier molecular flexibility index (Phi) is 6.36. The quantitative estimate of drug-likeness (QED) is 0.569. The average molecular weight is 401 g/mol. The van der Waals surface area contributed by atoms with E-state index in [1.807, 2.05) is 42.6 Å². The summed E-state index contributed by atoms with van der Waals surface area (Å²) >= 11 is 2.99. The van der Waals surface area contributed by atoms with E-state index >= 15 is 0 Å². The summed E-state index contributed by atoms with van der Waals surface area (Å²) in [5, 5.41) is 4.63. The van der Waals surface area contributed by atoms with Crippen molar-refractivity contribution < 1.29 is 14.3 Å².